The Morgan fingerprint density at radius 2 is 1.80 bits per heavy atom. The van der Waals surface area contributed by atoms with Crippen molar-refractivity contribution >= 4 is 6.21 Å². The predicted octanol–water partition coefficient (Wildman–Crippen LogP) is 2.82. The van der Waals surface area contributed by atoms with Crippen LogP contribution in [0.15, 0.2) is 16.6 Å². The maximum Gasteiger partial charge on any atom is 0.0524 e. The molecule has 0 aromatic carbocycles. The minimum atomic E-state index is 0.0598. The topological polar surface area (TPSA) is 12.4 Å². The Labute approximate surface area is 63.9 Å². The van der Waals surface area contributed by atoms with E-state index < -0.39 is 0 Å². The Kier molecular flexibility index (Phi) is 3.34. The number of allylic oxidation sites excluding steroid dienone is 2. The van der Waals surface area contributed by atoms with Crippen LogP contribution in [-0.4, -0.2) is 11.8 Å². The van der Waals surface area contributed by atoms with Gasteiger partial charge in [-0.15, -0.1) is 0 Å². The number of hydrogen-bond acceptors (Lipinski definition) is 1. The van der Waals surface area contributed by atoms with Crippen molar-refractivity contribution in [2.24, 2.45) is 4.99 Å². The molecule has 0 aromatic rings. The summed E-state index contributed by atoms with van der Waals surface area (Å²) in [5.41, 5.74) is 1.28. The summed E-state index contributed by atoms with van der Waals surface area (Å²) in [6, 6.07) is 0. The lowest BCUT2D eigenvalue weighted by molar-refractivity contribution is 0.586. The Hall–Kier alpha value is -0.590. The number of aliphatic imine (C=N–C) groups is 1. The first-order valence-electron chi connectivity index (χ1n) is 3.64. The van der Waals surface area contributed by atoms with Crippen LogP contribution < -0.4 is 0 Å². The van der Waals surface area contributed by atoms with Crippen LogP contribution in [0.5, 0.6) is 0 Å². The molecule has 0 N–H and O–H groups in total. The van der Waals surface area contributed by atoms with Crippen LogP contribution in [0.4, 0.5) is 0 Å². The summed E-state index contributed by atoms with van der Waals surface area (Å²) in [5, 5.41) is 0. The molecule has 0 aromatic heterocycles. The molecule has 0 aliphatic rings. The largest absolute Gasteiger partial charge is 0.287 e. The van der Waals surface area contributed by atoms with E-state index in [2.05, 4.69) is 38.8 Å². The first-order valence-corrected chi connectivity index (χ1v) is 3.64. The summed E-state index contributed by atoms with van der Waals surface area (Å²) < 4.78 is 0. The summed E-state index contributed by atoms with van der Waals surface area (Å²) in [6.45, 7) is 10.3. The van der Waals surface area contributed by atoms with Gasteiger partial charge in [0.2, 0.25) is 0 Å². The highest BCUT2D eigenvalue weighted by atomic mass is 14.8. The van der Waals surface area contributed by atoms with E-state index in [1.165, 1.54) is 5.57 Å². The average Bonchev–Trinajstić information content (AvgIpc) is 1.81. The normalized spacial score (nSPS) is 14.7. The third kappa shape index (κ3) is 5.54. The SMILES string of the molecule is C/C=C(\C)C=NC(C)(C)C. The standard InChI is InChI=1S/C9H17N/c1-6-8(2)7-10-9(3,4)5/h6-7H,1-5H3/b8-6+,10-7?. The summed E-state index contributed by atoms with van der Waals surface area (Å²) >= 11 is 0. The smallest absolute Gasteiger partial charge is 0.0524 e. The van der Waals surface area contributed by atoms with E-state index in [-0.39, 0.29) is 5.54 Å². The second-order valence-electron chi connectivity index (χ2n) is 3.46. The lowest BCUT2D eigenvalue weighted by Crippen LogP contribution is -2.09. The van der Waals surface area contributed by atoms with E-state index in [0.29, 0.717) is 0 Å². The Balaban J connectivity index is 4.01. The van der Waals surface area contributed by atoms with E-state index in [4.69, 9.17) is 0 Å². The molecule has 1 nitrogen and oxygen atoms in total. The van der Waals surface area contributed by atoms with Crippen LogP contribution in [0.2, 0.25) is 0 Å². The van der Waals surface area contributed by atoms with Gasteiger partial charge in [0, 0.05) is 6.21 Å². The molecule has 0 bridgehead atoms. The van der Waals surface area contributed by atoms with Crippen molar-refractivity contribution in [2.45, 2.75) is 40.2 Å². The molecule has 0 rings (SSSR count). The summed E-state index contributed by atoms with van der Waals surface area (Å²) in [7, 11) is 0. The van der Waals surface area contributed by atoms with Gasteiger partial charge in [0.15, 0.2) is 0 Å². The van der Waals surface area contributed by atoms with E-state index in [9.17, 15) is 0 Å². The zero-order chi connectivity index (χ0) is 8.20. The molecule has 1 heteroatoms. The van der Waals surface area contributed by atoms with E-state index in [0.717, 1.165) is 0 Å². The van der Waals surface area contributed by atoms with Gasteiger partial charge in [-0.05, 0) is 40.2 Å². The minimum Gasteiger partial charge on any atom is -0.287 e. The molecule has 10 heavy (non-hydrogen) atoms. The van der Waals surface area contributed by atoms with Crippen molar-refractivity contribution in [3.63, 3.8) is 0 Å². The van der Waals surface area contributed by atoms with Gasteiger partial charge in [-0.1, -0.05) is 6.08 Å². The van der Waals surface area contributed by atoms with Gasteiger partial charge in [0.05, 0.1) is 5.54 Å². The summed E-state index contributed by atoms with van der Waals surface area (Å²) in [6.07, 6.45) is 3.97. The van der Waals surface area contributed by atoms with Crippen LogP contribution in [0.25, 0.3) is 0 Å². The highest BCUT2D eigenvalue weighted by Crippen LogP contribution is 2.05. The Morgan fingerprint density at radius 3 is 2.10 bits per heavy atom. The van der Waals surface area contributed by atoms with Crippen LogP contribution in [0, 0.1) is 0 Å². The van der Waals surface area contributed by atoms with Gasteiger partial charge in [0.25, 0.3) is 0 Å². The van der Waals surface area contributed by atoms with E-state index in [1.54, 1.807) is 0 Å². The van der Waals surface area contributed by atoms with Crippen LogP contribution >= 0.6 is 0 Å². The van der Waals surface area contributed by atoms with Crippen LogP contribution in [0.1, 0.15) is 34.6 Å². The highest BCUT2D eigenvalue weighted by molar-refractivity contribution is 5.77. The molecule has 0 atom stereocenters. The third-order valence-corrected chi connectivity index (χ3v) is 1.11. The summed E-state index contributed by atoms with van der Waals surface area (Å²) in [4.78, 5) is 4.33. The van der Waals surface area contributed by atoms with Gasteiger partial charge in [-0.3, -0.25) is 4.99 Å². The van der Waals surface area contributed by atoms with Gasteiger partial charge >= 0.3 is 0 Å². The first kappa shape index (κ1) is 9.41. The highest BCUT2D eigenvalue weighted by Gasteiger charge is 2.03. The first-order chi connectivity index (χ1) is 4.45. The Morgan fingerprint density at radius 1 is 1.30 bits per heavy atom. The quantitative estimate of drug-likeness (QED) is 0.495. The fourth-order valence-corrected chi connectivity index (χ4v) is 0.370. The lowest BCUT2D eigenvalue weighted by Gasteiger charge is -2.10. The third-order valence-electron chi connectivity index (χ3n) is 1.11. The maximum absolute atomic E-state index is 4.33. The zero-order valence-corrected chi connectivity index (χ0v) is 7.60. The molecule has 0 radical (unpaired) electrons. The monoisotopic (exact) mass is 139 g/mol. The Bertz CT molecular complexity index is 147. The van der Waals surface area contributed by atoms with Crippen molar-refractivity contribution in [2.75, 3.05) is 0 Å². The molecule has 0 heterocycles. The minimum absolute atomic E-state index is 0.0598. The fourth-order valence-electron chi connectivity index (χ4n) is 0.370. The van der Waals surface area contributed by atoms with Crippen LogP contribution in [0.3, 0.4) is 0 Å². The van der Waals surface area contributed by atoms with Crippen molar-refractivity contribution in [1.29, 1.82) is 0 Å². The van der Waals surface area contributed by atoms with Gasteiger partial charge in [0.1, 0.15) is 0 Å². The molecule has 0 saturated carbocycles. The molecular formula is C9H17N. The second kappa shape index (κ2) is 3.55. The van der Waals surface area contributed by atoms with Gasteiger partial charge < -0.3 is 0 Å². The van der Waals surface area contributed by atoms with Crippen molar-refractivity contribution in [3.05, 3.63) is 11.6 Å². The molecule has 0 unspecified atom stereocenters. The summed E-state index contributed by atoms with van der Waals surface area (Å²) in [5.74, 6) is 0. The molecular weight excluding hydrogens is 122 g/mol. The van der Waals surface area contributed by atoms with Crippen LogP contribution in [-0.2, 0) is 0 Å². The fraction of sp³-hybridized carbons (Fsp3) is 0.667. The van der Waals surface area contributed by atoms with Crippen molar-refractivity contribution < 1.29 is 0 Å². The van der Waals surface area contributed by atoms with Crippen molar-refractivity contribution in [1.82, 2.24) is 0 Å². The zero-order valence-electron chi connectivity index (χ0n) is 7.60. The molecule has 0 saturated heterocycles. The number of hydrogen-bond donors (Lipinski definition) is 0. The van der Waals surface area contributed by atoms with E-state index in [1.807, 2.05) is 13.1 Å². The number of nitrogens with zero attached hydrogens (tertiary/aromatic N) is 1. The van der Waals surface area contributed by atoms with E-state index >= 15 is 0 Å². The molecule has 0 amide bonds. The predicted molar refractivity (Wildman–Crippen MR) is 47.7 cm³/mol. The lowest BCUT2D eigenvalue weighted by atomic mass is 10.1. The van der Waals surface area contributed by atoms with Gasteiger partial charge in [-0.2, -0.15) is 0 Å². The number of rotatable bonds is 1. The molecule has 0 fully saturated rings. The maximum atomic E-state index is 4.33. The van der Waals surface area contributed by atoms with Gasteiger partial charge in [-0.25, -0.2) is 0 Å². The van der Waals surface area contributed by atoms with Crippen molar-refractivity contribution in [3.8, 4) is 0 Å². The average molecular weight is 139 g/mol. The molecule has 58 valence electrons. The second-order valence-corrected chi connectivity index (χ2v) is 3.46. The molecule has 0 aliphatic carbocycles. The molecule has 0 aliphatic heterocycles. The molecule has 0 spiro atoms.